The van der Waals surface area contributed by atoms with Crippen LogP contribution in [-0.2, 0) is 13.1 Å². The van der Waals surface area contributed by atoms with Crippen molar-refractivity contribution in [2.75, 3.05) is 0 Å². The average Bonchev–Trinajstić information content (AvgIpc) is 2.56. The highest BCUT2D eigenvalue weighted by atomic mass is 15.4. The zero-order valence-electron chi connectivity index (χ0n) is 7.53. The van der Waals surface area contributed by atoms with Gasteiger partial charge in [0.05, 0.1) is 6.54 Å². The van der Waals surface area contributed by atoms with Crippen LogP contribution in [0.25, 0.3) is 10.9 Å². The van der Waals surface area contributed by atoms with Gasteiger partial charge in [-0.2, -0.15) is 10.7 Å². The number of nitrogens with zero attached hydrogens (tertiary/aromatic N) is 2. The third kappa shape index (κ3) is 0.981. The lowest BCUT2D eigenvalue weighted by molar-refractivity contribution is -0.783. The fraction of sp³-hybridized carbons (Fsp3) is 0.364. The lowest BCUT2D eigenvalue weighted by Crippen LogP contribution is -2.45. The molecule has 0 spiro atoms. The molecule has 1 aromatic heterocycles. The summed E-state index contributed by atoms with van der Waals surface area (Å²) in [7, 11) is 0. The number of aryl methyl sites for hydroxylation is 2. The van der Waals surface area contributed by atoms with Gasteiger partial charge in [0.1, 0.15) is 6.20 Å². The summed E-state index contributed by atoms with van der Waals surface area (Å²) in [6.07, 6.45) is 5.98. The van der Waals surface area contributed by atoms with E-state index in [2.05, 4.69) is 39.8 Å². The Labute approximate surface area is 77.4 Å². The highest BCUT2D eigenvalue weighted by Crippen LogP contribution is 2.14. The SMILES string of the molecule is [c-]1c2ccccc2n2[n+]1CCCC2. The Balaban J connectivity index is 2.34. The van der Waals surface area contributed by atoms with Crippen LogP contribution in [0.3, 0.4) is 0 Å². The number of aromatic nitrogens is 2. The highest BCUT2D eigenvalue weighted by molar-refractivity contribution is 5.76. The van der Waals surface area contributed by atoms with Gasteiger partial charge in [-0.1, -0.05) is 17.5 Å². The number of hydrogen-bond acceptors (Lipinski definition) is 0. The molecule has 2 nitrogen and oxygen atoms in total. The van der Waals surface area contributed by atoms with E-state index in [1.165, 1.54) is 23.7 Å². The minimum Gasteiger partial charge on any atom is -0.217 e. The van der Waals surface area contributed by atoms with Crippen LogP contribution in [0, 0.1) is 6.20 Å². The van der Waals surface area contributed by atoms with Crippen LogP contribution >= 0.6 is 0 Å². The van der Waals surface area contributed by atoms with Crippen LogP contribution in [0.5, 0.6) is 0 Å². The van der Waals surface area contributed by atoms with E-state index < -0.39 is 0 Å². The summed E-state index contributed by atoms with van der Waals surface area (Å²) < 4.78 is 4.55. The minimum atomic E-state index is 1.12. The van der Waals surface area contributed by atoms with Crippen molar-refractivity contribution in [2.24, 2.45) is 0 Å². The van der Waals surface area contributed by atoms with Crippen LogP contribution in [0.4, 0.5) is 0 Å². The first-order valence-electron chi connectivity index (χ1n) is 4.86. The first-order chi connectivity index (χ1) is 6.45. The van der Waals surface area contributed by atoms with Crippen molar-refractivity contribution >= 4 is 10.9 Å². The van der Waals surface area contributed by atoms with E-state index in [-0.39, 0.29) is 0 Å². The summed E-state index contributed by atoms with van der Waals surface area (Å²) in [5.74, 6) is 0. The summed E-state index contributed by atoms with van der Waals surface area (Å²) in [5, 5.41) is 1.24. The second-order valence-electron chi connectivity index (χ2n) is 3.58. The standard InChI is InChI=1S/C11H12N2/c1-2-6-11-10(5-1)9-12-7-3-4-8-13(11)12/h1-2,5-6H,3-4,7-8H2. The summed E-state index contributed by atoms with van der Waals surface area (Å²) >= 11 is 0. The molecule has 0 amide bonds. The average molecular weight is 172 g/mol. The largest absolute Gasteiger partial charge is 0.217 e. The minimum absolute atomic E-state index is 1.12. The Morgan fingerprint density at radius 2 is 2.15 bits per heavy atom. The number of rotatable bonds is 0. The molecular weight excluding hydrogens is 160 g/mol. The van der Waals surface area contributed by atoms with E-state index in [1.807, 2.05) is 0 Å². The molecule has 1 aliphatic rings. The van der Waals surface area contributed by atoms with Gasteiger partial charge in [0.15, 0.2) is 6.54 Å². The predicted octanol–water partition coefficient (Wildman–Crippen LogP) is 1.52. The first-order valence-corrected chi connectivity index (χ1v) is 4.86. The summed E-state index contributed by atoms with van der Waals surface area (Å²) in [6, 6.07) is 8.48. The molecule has 2 heterocycles. The lowest BCUT2D eigenvalue weighted by atomic mass is 10.2. The molecule has 0 bridgehead atoms. The van der Waals surface area contributed by atoms with E-state index in [9.17, 15) is 0 Å². The smallest absolute Gasteiger partial charge is 0.158 e. The summed E-state index contributed by atoms with van der Waals surface area (Å²) in [6.45, 7) is 2.26. The van der Waals surface area contributed by atoms with Crippen molar-refractivity contribution in [3.05, 3.63) is 30.5 Å². The van der Waals surface area contributed by atoms with E-state index in [4.69, 9.17) is 0 Å². The number of para-hydroxylation sites is 1. The van der Waals surface area contributed by atoms with Crippen molar-refractivity contribution in [3.8, 4) is 0 Å². The zero-order valence-corrected chi connectivity index (χ0v) is 7.53. The van der Waals surface area contributed by atoms with Gasteiger partial charge in [-0.15, -0.1) is 6.07 Å². The van der Waals surface area contributed by atoms with Crippen molar-refractivity contribution < 1.29 is 4.68 Å². The molecule has 66 valence electrons. The number of benzene rings is 1. The van der Waals surface area contributed by atoms with E-state index in [1.54, 1.807) is 0 Å². The normalized spacial score (nSPS) is 16.0. The van der Waals surface area contributed by atoms with Crippen molar-refractivity contribution in [1.82, 2.24) is 4.68 Å². The quantitative estimate of drug-likeness (QED) is 0.421. The topological polar surface area (TPSA) is 8.81 Å². The molecule has 0 atom stereocenters. The lowest BCUT2D eigenvalue weighted by Gasteiger charge is -2.12. The molecular formula is C11H12N2. The Bertz CT molecular complexity index is 442. The molecule has 0 unspecified atom stereocenters. The molecule has 2 aromatic rings. The molecule has 0 saturated heterocycles. The maximum absolute atomic E-state index is 3.40. The number of fused-ring (bicyclic) bond motifs is 3. The molecule has 3 rings (SSSR count). The van der Waals surface area contributed by atoms with E-state index >= 15 is 0 Å². The van der Waals surface area contributed by atoms with Crippen LogP contribution < -0.4 is 4.68 Å². The van der Waals surface area contributed by atoms with Gasteiger partial charge in [-0.25, -0.2) is 4.68 Å². The number of hydrogen-bond donors (Lipinski definition) is 0. The molecule has 13 heavy (non-hydrogen) atoms. The Morgan fingerprint density at radius 1 is 1.23 bits per heavy atom. The van der Waals surface area contributed by atoms with Gasteiger partial charge in [-0.05, 0) is 6.42 Å². The molecule has 0 N–H and O–H groups in total. The summed E-state index contributed by atoms with van der Waals surface area (Å²) in [5.41, 5.74) is 1.32. The Hall–Kier alpha value is -1.31. The maximum Gasteiger partial charge on any atom is 0.158 e. The van der Waals surface area contributed by atoms with E-state index in [0.717, 1.165) is 13.1 Å². The van der Waals surface area contributed by atoms with Crippen molar-refractivity contribution in [2.45, 2.75) is 25.9 Å². The molecule has 0 radical (unpaired) electrons. The second-order valence-corrected chi connectivity index (χ2v) is 3.58. The monoisotopic (exact) mass is 172 g/mol. The molecule has 0 aliphatic carbocycles. The van der Waals surface area contributed by atoms with Crippen LogP contribution in [0.15, 0.2) is 24.3 Å². The zero-order chi connectivity index (χ0) is 8.67. The third-order valence-corrected chi connectivity index (χ3v) is 2.71. The molecule has 0 saturated carbocycles. The van der Waals surface area contributed by atoms with Crippen LogP contribution in [0.1, 0.15) is 12.8 Å². The summed E-state index contributed by atoms with van der Waals surface area (Å²) in [4.78, 5) is 0. The first kappa shape index (κ1) is 7.13. The Kier molecular flexibility index (Phi) is 1.42. The Morgan fingerprint density at radius 3 is 3.15 bits per heavy atom. The molecule has 1 aromatic carbocycles. The highest BCUT2D eigenvalue weighted by Gasteiger charge is 2.12. The third-order valence-electron chi connectivity index (χ3n) is 2.71. The molecule has 2 heteroatoms. The maximum atomic E-state index is 3.40. The van der Waals surface area contributed by atoms with E-state index in [0.29, 0.717) is 0 Å². The van der Waals surface area contributed by atoms with Crippen molar-refractivity contribution in [3.63, 3.8) is 0 Å². The fourth-order valence-corrected chi connectivity index (χ4v) is 2.06. The van der Waals surface area contributed by atoms with Gasteiger partial charge in [0, 0.05) is 11.9 Å². The molecule has 0 fully saturated rings. The molecule has 1 aliphatic heterocycles. The van der Waals surface area contributed by atoms with Crippen molar-refractivity contribution in [1.29, 1.82) is 0 Å². The van der Waals surface area contributed by atoms with Gasteiger partial charge >= 0.3 is 0 Å². The fourth-order valence-electron chi connectivity index (χ4n) is 2.06. The van der Waals surface area contributed by atoms with Crippen LogP contribution in [0.2, 0.25) is 0 Å². The van der Waals surface area contributed by atoms with Crippen LogP contribution in [-0.4, -0.2) is 4.68 Å². The second kappa shape index (κ2) is 2.59. The van der Waals surface area contributed by atoms with Gasteiger partial charge in [-0.3, -0.25) is 0 Å². The van der Waals surface area contributed by atoms with Gasteiger partial charge < -0.3 is 0 Å². The van der Waals surface area contributed by atoms with Gasteiger partial charge in [0.25, 0.3) is 0 Å². The predicted molar refractivity (Wildman–Crippen MR) is 50.2 cm³/mol. The van der Waals surface area contributed by atoms with Gasteiger partial charge in [0.2, 0.25) is 0 Å².